The van der Waals surface area contributed by atoms with E-state index in [1.54, 1.807) is 25.7 Å². The van der Waals surface area contributed by atoms with Crippen LogP contribution in [0.1, 0.15) is 58.3 Å². The van der Waals surface area contributed by atoms with Crippen molar-refractivity contribution in [1.29, 1.82) is 0 Å². The summed E-state index contributed by atoms with van der Waals surface area (Å²) in [6, 6.07) is 0. The molecule has 0 radical (unpaired) electrons. The monoisotopic (exact) mass is 166 g/mol. The molecule has 0 aromatic rings. The van der Waals surface area contributed by atoms with E-state index in [-0.39, 0.29) is 0 Å². The molecule has 0 nitrogen and oxygen atoms in total. The van der Waals surface area contributed by atoms with Gasteiger partial charge in [0, 0.05) is 0 Å². The molecule has 2 fully saturated rings. The molecular formula is C12H22. The summed E-state index contributed by atoms with van der Waals surface area (Å²) < 4.78 is 0. The Hall–Kier alpha value is 0. The van der Waals surface area contributed by atoms with E-state index in [0.717, 1.165) is 17.8 Å². The first kappa shape index (κ1) is 8.59. The molecule has 0 N–H and O–H groups in total. The van der Waals surface area contributed by atoms with Crippen molar-refractivity contribution in [3.8, 4) is 0 Å². The van der Waals surface area contributed by atoms with Crippen LogP contribution in [-0.2, 0) is 0 Å². The Morgan fingerprint density at radius 3 is 2.08 bits per heavy atom. The standard InChI is InChI=1S/C12H22/c1-10-5-4-8-12(9-10)11-6-2-3-7-11/h10-12H,2-9H2,1H3. The highest BCUT2D eigenvalue weighted by atomic mass is 14.3. The van der Waals surface area contributed by atoms with Crippen LogP contribution >= 0.6 is 0 Å². The zero-order valence-corrected chi connectivity index (χ0v) is 8.39. The Morgan fingerprint density at radius 1 is 0.750 bits per heavy atom. The first-order chi connectivity index (χ1) is 5.86. The van der Waals surface area contributed by atoms with Gasteiger partial charge in [0.15, 0.2) is 0 Å². The van der Waals surface area contributed by atoms with Crippen molar-refractivity contribution in [1.82, 2.24) is 0 Å². The van der Waals surface area contributed by atoms with E-state index in [2.05, 4.69) is 6.92 Å². The largest absolute Gasteiger partial charge is 0.0625 e. The third-order valence-electron chi connectivity index (χ3n) is 4.04. The smallest absolute Gasteiger partial charge is 0.0383 e. The van der Waals surface area contributed by atoms with Crippen molar-refractivity contribution in [2.45, 2.75) is 58.3 Å². The van der Waals surface area contributed by atoms with E-state index < -0.39 is 0 Å². The summed E-state index contributed by atoms with van der Waals surface area (Å²) in [5.74, 6) is 3.29. The maximum Gasteiger partial charge on any atom is -0.0383 e. The van der Waals surface area contributed by atoms with Gasteiger partial charge in [-0.3, -0.25) is 0 Å². The Morgan fingerprint density at radius 2 is 1.42 bits per heavy atom. The predicted molar refractivity (Wildman–Crippen MR) is 53.1 cm³/mol. The summed E-state index contributed by atoms with van der Waals surface area (Å²) >= 11 is 0. The van der Waals surface area contributed by atoms with E-state index in [4.69, 9.17) is 0 Å². The van der Waals surface area contributed by atoms with Gasteiger partial charge in [0.2, 0.25) is 0 Å². The van der Waals surface area contributed by atoms with Gasteiger partial charge in [0.05, 0.1) is 0 Å². The van der Waals surface area contributed by atoms with Crippen molar-refractivity contribution in [2.75, 3.05) is 0 Å². The zero-order valence-electron chi connectivity index (χ0n) is 8.39. The van der Waals surface area contributed by atoms with Gasteiger partial charge in [-0.25, -0.2) is 0 Å². The van der Waals surface area contributed by atoms with Crippen LogP contribution in [0.3, 0.4) is 0 Å². The Balaban J connectivity index is 1.85. The van der Waals surface area contributed by atoms with Gasteiger partial charge < -0.3 is 0 Å². The van der Waals surface area contributed by atoms with E-state index in [9.17, 15) is 0 Å². The molecule has 0 bridgehead atoms. The van der Waals surface area contributed by atoms with Crippen LogP contribution in [0.2, 0.25) is 0 Å². The molecule has 2 unspecified atom stereocenters. The number of hydrogen-bond acceptors (Lipinski definition) is 0. The fourth-order valence-corrected chi connectivity index (χ4v) is 3.34. The average Bonchev–Trinajstić information content (AvgIpc) is 2.56. The summed E-state index contributed by atoms with van der Waals surface area (Å²) in [5, 5.41) is 0. The minimum absolute atomic E-state index is 1.03. The van der Waals surface area contributed by atoms with E-state index in [1.165, 1.54) is 25.7 Å². The Labute approximate surface area is 76.7 Å². The fourth-order valence-electron chi connectivity index (χ4n) is 3.34. The summed E-state index contributed by atoms with van der Waals surface area (Å²) in [7, 11) is 0. The molecule has 2 rings (SSSR count). The third kappa shape index (κ3) is 1.84. The maximum atomic E-state index is 2.45. The molecule has 0 spiro atoms. The zero-order chi connectivity index (χ0) is 8.39. The number of rotatable bonds is 1. The van der Waals surface area contributed by atoms with E-state index in [1.807, 2.05) is 0 Å². The predicted octanol–water partition coefficient (Wildman–Crippen LogP) is 4.00. The molecule has 2 aliphatic carbocycles. The van der Waals surface area contributed by atoms with Gasteiger partial charge in [-0.05, 0) is 24.2 Å². The highest BCUT2D eigenvalue weighted by Gasteiger charge is 2.28. The lowest BCUT2D eigenvalue weighted by molar-refractivity contribution is 0.206. The Bertz CT molecular complexity index is 133. The quantitative estimate of drug-likeness (QED) is 0.552. The first-order valence-electron chi connectivity index (χ1n) is 5.86. The molecule has 0 aromatic carbocycles. The van der Waals surface area contributed by atoms with Gasteiger partial charge in [-0.2, -0.15) is 0 Å². The first-order valence-corrected chi connectivity index (χ1v) is 5.86. The molecule has 0 heteroatoms. The minimum atomic E-state index is 1.03. The topological polar surface area (TPSA) is 0 Å². The number of hydrogen-bond donors (Lipinski definition) is 0. The molecule has 2 aliphatic rings. The average molecular weight is 166 g/mol. The van der Waals surface area contributed by atoms with Crippen LogP contribution in [0.15, 0.2) is 0 Å². The van der Waals surface area contributed by atoms with Gasteiger partial charge in [0.1, 0.15) is 0 Å². The molecule has 0 amide bonds. The molecule has 0 aliphatic heterocycles. The van der Waals surface area contributed by atoms with Crippen molar-refractivity contribution >= 4 is 0 Å². The second kappa shape index (κ2) is 3.81. The van der Waals surface area contributed by atoms with Crippen LogP contribution in [-0.4, -0.2) is 0 Å². The normalized spacial score (nSPS) is 38.8. The Kier molecular flexibility index (Phi) is 2.73. The summed E-state index contributed by atoms with van der Waals surface area (Å²) in [5.41, 5.74) is 0. The van der Waals surface area contributed by atoms with Crippen molar-refractivity contribution in [2.24, 2.45) is 17.8 Å². The lowest BCUT2D eigenvalue weighted by Crippen LogP contribution is -2.19. The molecule has 0 saturated heterocycles. The minimum Gasteiger partial charge on any atom is -0.0625 e. The molecule has 70 valence electrons. The van der Waals surface area contributed by atoms with Crippen molar-refractivity contribution < 1.29 is 0 Å². The summed E-state index contributed by atoms with van der Waals surface area (Å²) in [4.78, 5) is 0. The van der Waals surface area contributed by atoms with Crippen molar-refractivity contribution in [3.63, 3.8) is 0 Å². The van der Waals surface area contributed by atoms with Gasteiger partial charge >= 0.3 is 0 Å². The summed E-state index contributed by atoms with van der Waals surface area (Å²) in [6.07, 6.45) is 12.3. The van der Waals surface area contributed by atoms with Crippen LogP contribution < -0.4 is 0 Å². The highest BCUT2D eigenvalue weighted by Crippen LogP contribution is 2.40. The third-order valence-corrected chi connectivity index (χ3v) is 4.04. The molecular weight excluding hydrogens is 144 g/mol. The van der Waals surface area contributed by atoms with Crippen LogP contribution in [0.5, 0.6) is 0 Å². The van der Waals surface area contributed by atoms with Crippen LogP contribution in [0, 0.1) is 17.8 Å². The van der Waals surface area contributed by atoms with Gasteiger partial charge in [0.25, 0.3) is 0 Å². The second-order valence-corrected chi connectivity index (χ2v) is 5.08. The lowest BCUT2D eigenvalue weighted by atomic mass is 9.75. The molecule has 0 heterocycles. The van der Waals surface area contributed by atoms with Crippen molar-refractivity contribution in [3.05, 3.63) is 0 Å². The molecule has 12 heavy (non-hydrogen) atoms. The van der Waals surface area contributed by atoms with E-state index >= 15 is 0 Å². The fraction of sp³-hybridized carbons (Fsp3) is 1.00. The van der Waals surface area contributed by atoms with Crippen LogP contribution in [0.25, 0.3) is 0 Å². The molecule has 0 aromatic heterocycles. The second-order valence-electron chi connectivity index (χ2n) is 5.08. The van der Waals surface area contributed by atoms with Gasteiger partial charge in [-0.1, -0.05) is 51.9 Å². The SMILES string of the molecule is CC1CCCC(C2CCCC2)C1. The van der Waals surface area contributed by atoms with Crippen LogP contribution in [0.4, 0.5) is 0 Å². The van der Waals surface area contributed by atoms with E-state index in [0.29, 0.717) is 0 Å². The lowest BCUT2D eigenvalue weighted by Gasteiger charge is -2.31. The molecule has 2 atom stereocenters. The molecule has 2 saturated carbocycles. The highest BCUT2D eigenvalue weighted by molar-refractivity contribution is 4.79. The van der Waals surface area contributed by atoms with Gasteiger partial charge in [-0.15, -0.1) is 0 Å². The summed E-state index contributed by atoms with van der Waals surface area (Å²) in [6.45, 7) is 2.45. The maximum absolute atomic E-state index is 2.45.